The second-order valence-electron chi connectivity index (χ2n) is 12.5. The van der Waals surface area contributed by atoms with Crippen LogP contribution in [0.2, 0.25) is 0 Å². The van der Waals surface area contributed by atoms with Gasteiger partial charge in [0.15, 0.2) is 0 Å². The minimum atomic E-state index is 0.0542. The Morgan fingerprint density at radius 1 is 0.605 bits per heavy atom. The second kappa shape index (κ2) is 14.2. The van der Waals surface area contributed by atoms with Crippen molar-refractivity contribution in [1.82, 2.24) is 4.90 Å². The first-order valence-corrected chi connectivity index (χ1v) is 16.2. The van der Waals surface area contributed by atoms with Crippen LogP contribution in [0.4, 0.5) is 0 Å². The van der Waals surface area contributed by atoms with Gasteiger partial charge in [0.25, 0.3) is 0 Å². The van der Waals surface area contributed by atoms with Crippen LogP contribution in [-0.2, 0) is 31.7 Å². The van der Waals surface area contributed by atoms with Crippen LogP contribution in [0.1, 0.15) is 59.7 Å². The van der Waals surface area contributed by atoms with E-state index in [4.69, 9.17) is 4.74 Å². The first-order chi connectivity index (χ1) is 20.8. The molecule has 0 fully saturated rings. The van der Waals surface area contributed by atoms with Gasteiger partial charge in [0.2, 0.25) is 0 Å². The van der Waals surface area contributed by atoms with Gasteiger partial charge in [-0.15, -0.1) is 0 Å². The Labute approximate surface area is 260 Å². The maximum absolute atomic E-state index is 6.61. The van der Waals surface area contributed by atoms with Crippen LogP contribution < -0.4 is 15.3 Å². The molecule has 0 aromatic heterocycles. The fourth-order valence-corrected chi connectivity index (χ4v) is 6.97. The Kier molecular flexibility index (Phi) is 10.1. The fourth-order valence-electron chi connectivity index (χ4n) is 5.49. The zero-order chi connectivity index (χ0) is 30.2. The van der Waals surface area contributed by atoms with Gasteiger partial charge in [0, 0.05) is 24.9 Å². The molecule has 0 saturated carbocycles. The predicted molar refractivity (Wildman–Crippen MR) is 185 cm³/mol. The smallest absolute Gasteiger partial charge is 0.130 e. The highest BCUT2D eigenvalue weighted by Crippen LogP contribution is 2.32. The molecule has 43 heavy (non-hydrogen) atoms. The van der Waals surface area contributed by atoms with Crippen molar-refractivity contribution in [3.8, 4) is 5.75 Å². The Morgan fingerprint density at radius 3 is 1.72 bits per heavy atom. The van der Waals surface area contributed by atoms with Crippen LogP contribution in [0.25, 0.3) is 0 Å². The lowest BCUT2D eigenvalue weighted by Gasteiger charge is -2.26. The van der Waals surface area contributed by atoms with Crippen LogP contribution in [0.5, 0.6) is 5.75 Å². The van der Waals surface area contributed by atoms with Crippen molar-refractivity contribution in [3.63, 3.8) is 0 Å². The monoisotopic (exact) mass is 585 g/mol. The first kappa shape index (κ1) is 30.7. The summed E-state index contributed by atoms with van der Waals surface area (Å²) in [4.78, 5) is 2.57. The highest BCUT2D eigenvalue weighted by molar-refractivity contribution is 7.56. The SMILES string of the molecule is Cc1cc(C(C)(C)C)cc(Pc2c(C)cccc2CN(Cc2ccccc2)Cc2ccccc2)c1OCc1ccccc1. The number of benzene rings is 5. The second-order valence-corrected chi connectivity index (χ2v) is 13.8. The molecule has 0 aliphatic carbocycles. The summed E-state index contributed by atoms with van der Waals surface area (Å²) >= 11 is 0. The zero-order valence-corrected chi connectivity index (χ0v) is 27.2. The van der Waals surface area contributed by atoms with Gasteiger partial charge in [-0.3, -0.25) is 4.90 Å². The summed E-state index contributed by atoms with van der Waals surface area (Å²) in [5, 5.41) is 2.71. The first-order valence-electron chi connectivity index (χ1n) is 15.2. The van der Waals surface area contributed by atoms with Crippen LogP contribution in [0.15, 0.2) is 121 Å². The summed E-state index contributed by atoms with van der Waals surface area (Å²) in [7, 11) is 0.496. The summed E-state index contributed by atoms with van der Waals surface area (Å²) in [6.07, 6.45) is 0. The Balaban J connectivity index is 1.49. The molecule has 5 aromatic rings. The molecule has 0 spiro atoms. The van der Waals surface area contributed by atoms with Crippen LogP contribution >= 0.6 is 8.58 Å². The molecular formula is C40H44NOP. The van der Waals surface area contributed by atoms with Crippen LogP contribution in [-0.4, -0.2) is 4.90 Å². The lowest BCUT2D eigenvalue weighted by molar-refractivity contribution is 0.248. The topological polar surface area (TPSA) is 12.5 Å². The van der Waals surface area contributed by atoms with E-state index in [-0.39, 0.29) is 5.41 Å². The lowest BCUT2D eigenvalue weighted by Crippen LogP contribution is -2.26. The number of hydrogen-bond acceptors (Lipinski definition) is 2. The quantitative estimate of drug-likeness (QED) is 0.143. The maximum atomic E-state index is 6.61. The summed E-state index contributed by atoms with van der Waals surface area (Å²) in [5.41, 5.74) is 9.19. The lowest BCUT2D eigenvalue weighted by atomic mass is 9.86. The molecule has 0 saturated heterocycles. The number of aryl methyl sites for hydroxylation is 2. The van der Waals surface area contributed by atoms with Gasteiger partial charge in [-0.25, -0.2) is 0 Å². The van der Waals surface area contributed by atoms with Crippen molar-refractivity contribution in [3.05, 3.63) is 160 Å². The Morgan fingerprint density at radius 2 is 1.16 bits per heavy atom. The molecule has 5 rings (SSSR count). The highest BCUT2D eigenvalue weighted by atomic mass is 31.1. The third-order valence-electron chi connectivity index (χ3n) is 7.88. The van der Waals surface area contributed by atoms with Gasteiger partial charge in [-0.2, -0.15) is 0 Å². The van der Waals surface area contributed by atoms with Gasteiger partial charge < -0.3 is 4.74 Å². The molecular weight excluding hydrogens is 541 g/mol. The van der Waals surface area contributed by atoms with E-state index in [0.29, 0.717) is 15.2 Å². The molecule has 0 amide bonds. The van der Waals surface area contributed by atoms with Crippen molar-refractivity contribution in [2.45, 2.75) is 66.3 Å². The zero-order valence-electron chi connectivity index (χ0n) is 26.2. The molecule has 0 aliphatic rings. The number of hydrogen-bond donors (Lipinski definition) is 0. The van der Waals surface area contributed by atoms with Gasteiger partial charge in [0.1, 0.15) is 12.4 Å². The average molecular weight is 586 g/mol. The molecule has 0 radical (unpaired) electrons. The number of nitrogens with zero attached hydrogens (tertiary/aromatic N) is 1. The van der Waals surface area contributed by atoms with Crippen molar-refractivity contribution in [1.29, 1.82) is 0 Å². The van der Waals surface area contributed by atoms with E-state index in [1.54, 1.807) is 0 Å². The summed E-state index contributed by atoms with van der Waals surface area (Å²) < 4.78 is 6.61. The van der Waals surface area contributed by atoms with Crippen LogP contribution in [0.3, 0.4) is 0 Å². The predicted octanol–water partition coefficient (Wildman–Crippen LogP) is 9.01. The summed E-state index contributed by atoms with van der Waals surface area (Å²) in [5.74, 6) is 1.02. The van der Waals surface area contributed by atoms with E-state index in [1.807, 2.05) is 0 Å². The van der Waals surface area contributed by atoms with Gasteiger partial charge >= 0.3 is 0 Å². The average Bonchev–Trinajstić information content (AvgIpc) is 2.99. The Bertz CT molecular complexity index is 1570. The molecule has 0 N–H and O–H groups in total. The van der Waals surface area contributed by atoms with E-state index in [1.165, 1.54) is 49.6 Å². The summed E-state index contributed by atoms with van der Waals surface area (Å²) in [6.45, 7) is 14.6. The third kappa shape index (κ3) is 8.44. The van der Waals surface area contributed by atoms with E-state index in [2.05, 4.69) is 161 Å². The van der Waals surface area contributed by atoms with Crippen LogP contribution in [0, 0.1) is 13.8 Å². The van der Waals surface area contributed by atoms with Crippen molar-refractivity contribution in [2.24, 2.45) is 0 Å². The normalized spacial score (nSPS) is 11.9. The fraction of sp³-hybridized carbons (Fsp3) is 0.250. The van der Waals surface area contributed by atoms with E-state index in [0.717, 1.165) is 25.4 Å². The minimum absolute atomic E-state index is 0.0542. The van der Waals surface area contributed by atoms with Gasteiger partial charge in [-0.05, 0) is 69.6 Å². The Hall–Kier alpha value is -3.71. The molecule has 220 valence electrons. The molecule has 1 unspecified atom stereocenters. The van der Waals surface area contributed by atoms with Crippen molar-refractivity contribution in [2.75, 3.05) is 0 Å². The molecule has 1 atom stereocenters. The van der Waals surface area contributed by atoms with E-state index in [9.17, 15) is 0 Å². The largest absolute Gasteiger partial charge is 0.488 e. The highest BCUT2D eigenvalue weighted by Gasteiger charge is 2.21. The third-order valence-corrected chi connectivity index (χ3v) is 9.48. The number of ether oxygens (including phenoxy) is 1. The molecule has 3 heteroatoms. The molecule has 0 bridgehead atoms. The van der Waals surface area contributed by atoms with E-state index >= 15 is 0 Å². The molecule has 0 heterocycles. The molecule has 5 aromatic carbocycles. The van der Waals surface area contributed by atoms with E-state index < -0.39 is 0 Å². The maximum Gasteiger partial charge on any atom is 0.130 e. The minimum Gasteiger partial charge on any atom is -0.488 e. The van der Waals surface area contributed by atoms with Gasteiger partial charge in [-0.1, -0.05) is 145 Å². The summed E-state index contributed by atoms with van der Waals surface area (Å²) in [6, 6.07) is 43.6. The standard InChI is InChI=1S/C40H44NOP/c1-30-16-15-23-35(28-41(26-32-17-9-6-10-18-32)27-33-19-11-7-12-20-33)39(30)43-37-25-36(40(3,4)5)24-31(2)38(37)42-29-34-21-13-8-14-22-34/h6-25,43H,26-29H2,1-5H3. The molecule has 0 aliphatic heterocycles. The van der Waals surface area contributed by atoms with Crippen molar-refractivity contribution < 1.29 is 4.74 Å². The van der Waals surface area contributed by atoms with Gasteiger partial charge in [0.05, 0.1) is 0 Å². The molecule has 2 nitrogen and oxygen atoms in total. The van der Waals surface area contributed by atoms with Crippen molar-refractivity contribution >= 4 is 19.2 Å². The number of rotatable bonds is 11.